The highest BCUT2D eigenvalue weighted by Gasteiger charge is 2.19. The minimum atomic E-state index is 0.101. The summed E-state index contributed by atoms with van der Waals surface area (Å²) in [6, 6.07) is 5.89. The molecule has 0 amide bonds. The van der Waals surface area contributed by atoms with Gasteiger partial charge < -0.3 is 14.8 Å². The van der Waals surface area contributed by atoms with Crippen molar-refractivity contribution in [2.75, 3.05) is 13.1 Å². The van der Waals surface area contributed by atoms with Crippen LogP contribution < -0.4 is 14.8 Å². The smallest absolute Gasteiger partial charge is 0.138 e. The van der Waals surface area contributed by atoms with Gasteiger partial charge in [-0.05, 0) is 70.5 Å². The maximum absolute atomic E-state index is 6.38. The van der Waals surface area contributed by atoms with E-state index in [9.17, 15) is 0 Å². The second-order valence-electron chi connectivity index (χ2n) is 6.74. The predicted octanol–water partition coefficient (Wildman–Crippen LogP) is 4.63. The Morgan fingerprint density at radius 3 is 2.64 bits per heavy atom. The van der Waals surface area contributed by atoms with E-state index in [0.29, 0.717) is 5.02 Å². The van der Waals surface area contributed by atoms with Crippen LogP contribution in [0.2, 0.25) is 5.02 Å². The highest BCUT2D eigenvalue weighted by Crippen LogP contribution is 2.38. The van der Waals surface area contributed by atoms with Gasteiger partial charge in [0.05, 0.1) is 12.3 Å². The normalized spacial score (nSPS) is 15.4. The number of hydrogen-bond acceptors (Lipinski definition) is 4. The van der Waals surface area contributed by atoms with Crippen LogP contribution in [-0.2, 0) is 0 Å². The monoisotopic (exact) mass is 360 g/mol. The summed E-state index contributed by atoms with van der Waals surface area (Å²) in [5.41, 5.74) is 2.95. The number of nitrogens with zero attached hydrogens (tertiary/aromatic N) is 1. The van der Waals surface area contributed by atoms with Crippen LogP contribution in [0.25, 0.3) is 11.1 Å². The van der Waals surface area contributed by atoms with Crippen molar-refractivity contribution in [3.63, 3.8) is 0 Å². The Kier molecular flexibility index (Phi) is 5.82. The fourth-order valence-electron chi connectivity index (χ4n) is 3.08. The molecule has 1 saturated heterocycles. The van der Waals surface area contributed by atoms with E-state index in [1.54, 1.807) is 6.20 Å². The zero-order chi connectivity index (χ0) is 17.8. The molecule has 1 aromatic carbocycles. The molecule has 1 aliphatic rings. The number of ether oxygens (including phenoxy) is 2. The second-order valence-corrected chi connectivity index (χ2v) is 7.18. The lowest BCUT2D eigenvalue weighted by Crippen LogP contribution is -2.34. The summed E-state index contributed by atoms with van der Waals surface area (Å²) in [5.74, 6) is 1.64. The molecule has 1 fully saturated rings. The quantitative estimate of drug-likeness (QED) is 0.844. The molecule has 1 aliphatic heterocycles. The summed E-state index contributed by atoms with van der Waals surface area (Å²) >= 11 is 6.32. The van der Waals surface area contributed by atoms with E-state index in [1.807, 2.05) is 45.2 Å². The van der Waals surface area contributed by atoms with Gasteiger partial charge in [-0.3, -0.25) is 4.98 Å². The maximum atomic E-state index is 6.38. The molecule has 25 heavy (non-hydrogen) atoms. The van der Waals surface area contributed by atoms with Crippen LogP contribution >= 0.6 is 11.6 Å². The van der Waals surface area contributed by atoms with Crippen LogP contribution in [0, 0.1) is 6.92 Å². The standard InChI is InChI=1S/C20H25ClN2O2/c1-13(2)24-18-9-15(11-23-12-18)19-10-16(21)8-14(3)20(19)25-17-4-6-22-7-5-17/h8-13,17,22H,4-7H2,1-3H3. The number of pyridine rings is 1. The summed E-state index contributed by atoms with van der Waals surface area (Å²) in [5, 5.41) is 4.06. The first-order valence-electron chi connectivity index (χ1n) is 8.82. The molecule has 0 unspecified atom stereocenters. The van der Waals surface area contributed by atoms with E-state index >= 15 is 0 Å². The summed E-state index contributed by atoms with van der Waals surface area (Å²) in [6.07, 6.45) is 5.90. The molecule has 1 aromatic heterocycles. The fraction of sp³-hybridized carbons (Fsp3) is 0.450. The molecule has 5 heteroatoms. The van der Waals surface area contributed by atoms with Gasteiger partial charge in [-0.1, -0.05) is 11.6 Å². The largest absolute Gasteiger partial charge is 0.489 e. The van der Waals surface area contributed by atoms with Crippen molar-refractivity contribution in [1.82, 2.24) is 10.3 Å². The number of benzene rings is 1. The molecule has 0 radical (unpaired) electrons. The van der Waals surface area contributed by atoms with Crippen molar-refractivity contribution >= 4 is 11.6 Å². The lowest BCUT2D eigenvalue weighted by molar-refractivity contribution is 0.162. The number of halogens is 1. The molecule has 0 saturated carbocycles. The van der Waals surface area contributed by atoms with Crippen LogP contribution in [0.1, 0.15) is 32.3 Å². The van der Waals surface area contributed by atoms with Crippen molar-refractivity contribution in [2.24, 2.45) is 0 Å². The number of rotatable bonds is 5. The van der Waals surface area contributed by atoms with Crippen LogP contribution in [-0.4, -0.2) is 30.3 Å². The third-order valence-corrected chi connectivity index (χ3v) is 4.42. The number of piperidine rings is 1. The van der Waals surface area contributed by atoms with Gasteiger partial charge >= 0.3 is 0 Å². The molecule has 0 bridgehead atoms. The molecule has 0 aliphatic carbocycles. The van der Waals surface area contributed by atoms with Crippen molar-refractivity contribution in [1.29, 1.82) is 0 Å². The highest BCUT2D eigenvalue weighted by molar-refractivity contribution is 6.31. The molecule has 1 N–H and O–H groups in total. The van der Waals surface area contributed by atoms with Crippen LogP contribution in [0.3, 0.4) is 0 Å². The Bertz CT molecular complexity index is 728. The van der Waals surface area contributed by atoms with Crippen LogP contribution in [0.5, 0.6) is 11.5 Å². The van der Waals surface area contributed by atoms with E-state index in [2.05, 4.69) is 10.3 Å². The molecular weight excluding hydrogens is 336 g/mol. The van der Waals surface area contributed by atoms with Gasteiger partial charge in [0, 0.05) is 22.3 Å². The number of aromatic nitrogens is 1. The molecule has 2 heterocycles. The summed E-state index contributed by atoms with van der Waals surface area (Å²) in [4.78, 5) is 4.33. The molecular formula is C20H25ClN2O2. The van der Waals surface area contributed by atoms with Gasteiger partial charge in [0.1, 0.15) is 17.6 Å². The average Bonchev–Trinajstić information content (AvgIpc) is 2.57. The summed E-state index contributed by atoms with van der Waals surface area (Å²) < 4.78 is 12.2. The van der Waals surface area contributed by atoms with Crippen molar-refractivity contribution < 1.29 is 9.47 Å². The molecule has 134 valence electrons. The lowest BCUT2D eigenvalue weighted by Gasteiger charge is -2.26. The molecule has 2 aromatic rings. The van der Waals surface area contributed by atoms with Crippen LogP contribution in [0.4, 0.5) is 0 Å². The summed E-state index contributed by atoms with van der Waals surface area (Å²) in [7, 11) is 0. The second kappa shape index (κ2) is 8.07. The third-order valence-electron chi connectivity index (χ3n) is 4.21. The molecule has 0 spiro atoms. The minimum Gasteiger partial charge on any atom is -0.489 e. The molecule has 4 nitrogen and oxygen atoms in total. The SMILES string of the molecule is Cc1cc(Cl)cc(-c2cncc(OC(C)C)c2)c1OC1CCNCC1. The highest BCUT2D eigenvalue weighted by atomic mass is 35.5. The number of aryl methyl sites for hydroxylation is 1. The lowest BCUT2D eigenvalue weighted by atomic mass is 10.0. The Balaban J connectivity index is 1.96. The first-order valence-corrected chi connectivity index (χ1v) is 9.20. The van der Waals surface area contributed by atoms with E-state index in [1.165, 1.54) is 0 Å². The first-order chi connectivity index (χ1) is 12.0. The van der Waals surface area contributed by atoms with Gasteiger partial charge in [0.25, 0.3) is 0 Å². The van der Waals surface area contributed by atoms with Gasteiger partial charge in [0.15, 0.2) is 0 Å². The Labute approximate surface area is 154 Å². The Morgan fingerprint density at radius 2 is 1.92 bits per heavy atom. The van der Waals surface area contributed by atoms with Gasteiger partial charge in [-0.2, -0.15) is 0 Å². The van der Waals surface area contributed by atoms with E-state index in [-0.39, 0.29) is 12.2 Å². The Hall–Kier alpha value is -1.78. The Morgan fingerprint density at radius 1 is 1.16 bits per heavy atom. The molecule has 3 rings (SSSR count). The van der Waals surface area contributed by atoms with Crippen LogP contribution in [0.15, 0.2) is 30.6 Å². The van der Waals surface area contributed by atoms with Gasteiger partial charge in [-0.25, -0.2) is 0 Å². The van der Waals surface area contributed by atoms with Crippen molar-refractivity contribution in [2.45, 2.75) is 45.8 Å². The fourth-order valence-corrected chi connectivity index (χ4v) is 3.36. The first kappa shape index (κ1) is 18.0. The van der Waals surface area contributed by atoms with Gasteiger partial charge in [-0.15, -0.1) is 0 Å². The predicted molar refractivity (Wildman–Crippen MR) is 102 cm³/mol. The van der Waals surface area contributed by atoms with Crippen molar-refractivity contribution in [3.05, 3.63) is 41.2 Å². The minimum absolute atomic E-state index is 0.101. The summed E-state index contributed by atoms with van der Waals surface area (Å²) in [6.45, 7) is 8.02. The van der Waals surface area contributed by atoms with E-state index in [4.69, 9.17) is 21.1 Å². The average molecular weight is 361 g/mol. The van der Waals surface area contributed by atoms with Gasteiger partial charge in [0.2, 0.25) is 0 Å². The zero-order valence-electron chi connectivity index (χ0n) is 15.0. The number of hydrogen-bond donors (Lipinski definition) is 1. The zero-order valence-corrected chi connectivity index (χ0v) is 15.8. The van der Waals surface area contributed by atoms with Crippen molar-refractivity contribution in [3.8, 4) is 22.6 Å². The van der Waals surface area contributed by atoms with E-state index in [0.717, 1.165) is 54.1 Å². The molecule has 0 atom stereocenters. The third kappa shape index (κ3) is 4.65. The number of nitrogens with one attached hydrogen (secondary N) is 1. The van der Waals surface area contributed by atoms with E-state index < -0.39 is 0 Å². The maximum Gasteiger partial charge on any atom is 0.138 e. The topological polar surface area (TPSA) is 43.4 Å².